The minimum atomic E-state index is 0.438. The van der Waals surface area contributed by atoms with E-state index in [9.17, 15) is 0 Å². The molecule has 1 aliphatic carbocycles. The lowest BCUT2D eigenvalue weighted by atomic mass is 9.86. The molecule has 17 heavy (non-hydrogen) atoms. The van der Waals surface area contributed by atoms with Crippen LogP contribution in [0.5, 0.6) is 11.5 Å². The SMILES string of the molecule is CCNC1CCCc2c(OC)cc(OC)cc21. The largest absolute Gasteiger partial charge is 0.497 e. The maximum absolute atomic E-state index is 5.47. The van der Waals surface area contributed by atoms with Crippen LogP contribution >= 0.6 is 0 Å². The molecule has 1 unspecified atom stereocenters. The van der Waals surface area contributed by atoms with Gasteiger partial charge in [-0.25, -0.2) is 0 Å². The molecule has 0 amide bonds. The van der Waals surface area contributed by atoms with Crippen LogP contribution in [0.3, 0.4) is 0 Å². The molecule has 2 rings (SSSR count). The van der Waals surface area contributed by atoms with Crippen molar-refractivity contribution in [2.45, 2.75) is 32.2 Å². The third kappa shape index (κ3) is 2.39. The normalized spacial score (nSPS) is 18.6. The van der Waals surface area contributed by atoms with Crippen molar-refractivity contribution >= 4 is 0 Å². The number of methoxy groups -OCH3 is 2. The Morgan fingerprint density at radius 3 is 2.76 bits per heavy atom. The molecule has 3 nitrogen and oxygen atoms in total. The zero-order valence-corrected chi connectivity index (χ0v) is 10.9. The summed E-state index contributed by atoms with van der Waals surface area (Å²) in [4.78, 5) is 0. The average Bonchev–Trinajstić information content (AvgIpc) is 2.38. The van der Waals surface area contributed by atoms with Crippen LogP contribution in [0.2, 0.25) is 0 Å². The molecular formula is C14H21NO2. The molecule has 3 heteroatoms. The van der Waals surface area contributed by atoms with Crippen LogP contribution in [-0.4, -0.2) is 20.8 Å². The number of rotatable bonds is 4. The van der Waals surface area contributed by atoms with Gasteiger partial charge < -0.3 is 14.8 Å². The number of nitrogens with one attached hydrogen (secondary N) is 1. The average molecular weight is 235 g/mol. The number of benzene rings is 1. The van der Waals surface area contributed by atoms with Crippen molar-refractivity contribution in [3.8, 4) is 11.5 Å². The molecular weight excluding hydrogens is 214 g/mol. The molecule has 1 aliphatic rings. The van der Waals surface area contributed by atoms with Gasteiger partial charge in [0.15, 0.2) is 0 Å². The third-order valence-electron chi connectivity index (χ3n) is 3.42. The molecule has 0 fully saturated rings. The van der Waals surface area contributed by atoms with Gasteiger partial charge in [0.1, 0.15) is 11.5 Å². The lowest BCUT2D eigenvalue weighted by molar-refractivity contribution is 0.379. The van der Waals surface area contributed by atoms with E-state index in [4.69, 9.17) is 9.47 Å². The Kier molecular flexibility index (Phi) is 3.89. The maximum Gasteiger partial charge on any atom is 0.126 e. The lowest BCUT2D eigenvalue weighted by Crippen LogP contribution is -2.25. The topological polar surface area (TPSA) is 30.5 Å². The van der Waals surface area contributed by atoms with Crippen LogP contribution in [0.15, 0.2) is 12.1 Å². The highest BCUT2D eigenvalue weighted by Gasteiger charge is 2.23. The number of ether oxygens (including phenoxy) is 2. The van der Waals surface area contributed by atoms with E-state index in [-0.39, 0.29) is 0 Å². The standard InChI is InChI=1S/C14H21NO2/c1-4-15-13-7-5-6-11-12(13)8-10(16-2)9-14(11)17-3/h8-9,13,15H,4-7H2,1-3H3. The maximum atomic E-state index is 5.47. The summed E-state index contributed by atoms with van der Waals surface area (Å²) in [7, 11) is 3.43. The Labute approximate surface area is 103 Å². The van der Waals surface area contributed by atoms with Crippen LogP contribution in [0.1, 0.15) is 36.9 Å². The molecule has 0 aliphatic heterocycles. The number of hydrogen-bond acceptors (Lipinski definition) is 3. The summed E-state index contributed by atoms with van der Waals surface area (Å²) < 4.78 is 10.8. The predicted molar refractivity (Wildman–Crippen MR) is 68.9 cm³/mol. The van der Waals surface area contributed by atoms with Gasteiger partial charge in [0, 0.05) is 12.1 Å². The van der Waals surface area contributed by atoms with Crippen molar-refractivity contribution < 1.29 is 9.47 Å². The molecule has 0 saturated carbocycles. The van der Waals surface area contributed by atoms with Crippen LogP contribution < -0.4 is 14.8 Å². The van der Waals surface area contributed by atoms with E-state index in [2.05, 4.69) is 18.3 Å². The monoisotopic (exact) mass is 235 g/mol. The minimum Gasteiger partial charge on any atom is -0.497 e. The Morgan fingerprint density at radius 2 is 2.12 bits per heavy atom. The Morgan fingerprint density at radius 1 is 1.29 bits per heavy atom. The van der Waals surface area contributed by atoms with Gasteiger partial charge in [-0.2, -0.15) is 0 Å². The highest BCUT2D eigenvalue weighted by atomic mass is 16.5. The second-order valence-electron chi connectivity index (χ2n) is 4.40. The summed E-state index contributed by atoms with van der Waals surface area (Å²) in [5.41, 5.74) is 2.68. The van der Waals surface area contributed by atoms with Crippen LogP contribution in [0.25, 0.3) is 0 Å². The van der Waals surface area contributed by atoms with Gasteiger partial charge in [-0.3, -0.25) is 0 Å². The van der Waals surface area contributed by atoms with E-state index in [1.165, 1.54) is 24.0 Å². The molecule has 0 spiro atoms. The summed E-state index contributed by atoms with van der Waals surface area (Å²) in [6, 6.07) is 4.56. The second kappa shape index (κ2) is 5.41. The molecule has 1 aromatic carbocycles. The van der Waals surface area contributed by atoms with Crippen molar-refractivity contribution in [2.24, 2.45) is 0 Å². The molecule has 0 radical (unpaired) electrons. The van der Waals surface area contributed by atoms with Gasteiger partial charge in [0.2, 0.25) is 0 Å². The molecule has 1 N–H and O–H groups in total. The molecule has 1 atom stereocenters. The first kappa shape index (κ1) is 12.2. The second-order valence-corrected chi connectivity index (χ2v) is 4.40. The van der Waals surface area contributed by atoms with E-state index >= 15 is 0 Å². The van der Waals surface area contributed by atoms with Gasteiger partial charge in [-0.05, 0) is 43.0 Å². The Hall–Kier alpha value is -1.22. The first-order valence-corrected chi connectivity index (χ1v) is 6.28. The summed E-state index contributed by atoms with van der Waals surface area (Å²) in [6.45, 7) is 3.13. The van der Waals surface area contributed by atoms with Crippen LogP contribution in [-0.2, 0) is 6.42 Å². The molecule has 0 saturated heterocycles. The first-order chi connectivity index (χ1) is 8.30. The van der Waals surface area contributed by atoms with Gasteiger partial charge in [0.25, 0.3) is 0 Å². The van der Waals surface area contributed by atoms with E-state index in [0.717, 1.165) is 24.5 Å². The lowest BCUT2D eigenvalue weighted by Gasteiger charge is -2.28. The predicted octanol–water partition coefficient (Wildman–Crippen LogP) is 2.69. The fraction of sp³-hybridized carbons (Fsp3) is 0.571. The smallest absolute Gasteiger partial charge is 0.126 e. The molecule has 0 aromatic heterocycles. The quantitative estimate of drug-likeness (QED) is 0.870. The molecule has 0 heterocycles. The number of hydrogen-bond donors (Lipinski definition) is 1. The fourth-order valence-corrected chi connectivity index (χ4v) is 2.62. The van der Waals surface area contributed by atoms with E-state index in [0.29, 0.717) is 6.04 Å². The zero-order valence-electron chi connectivity index (χ0n) is 10.9. The third-order valence-corrected chi connectivity index (χ3v) is 3.42. The first-order valence-electron chi connectivity index (χ1n) is 6.28. The number of fused-ring (bicyclic) bond motifs is 1. The van der Waals surface area contributed by atoms with Crippen molar-refractivity contribution in [1.82, 2.24) is 5.32 Å². The van der Waals surface area contributed by atoms with Crippen LogP contribution in [0.4, 0.5) is 0 Å². The van der Waals surface area contributed by atoms with E-state index < -0.39 is 0 Å². The van der Waals surface area contributed by atoms with Crippen molar-refractivity contribution in [2.75, 3.05) is 20.8 Å². The minimum absolute atomic E-state index is 0.438. The summed E-state index contributed by atoms with van der Waals surface area (Å²) in [6.07, 6.45) is 3.51. The summed E-state index contributed by atoms with van der Waals surface area (Å²) in [5.74, 6) is 1.84. The van der Waals surface area contributed by atoms with Crippen molar-refractivity contribution in [1.29, 1.82) is 0 Å². The van der Waals surface area contributed by atoms with Crippen molar-refractivity contribution in [3.63, 3.8) is 0 Å². The van der Waals surface area contributed by atoms with Gasteiger partial charge in [0.05, 0.1) is 14.2 Å². The highest BCUT2D eigenvalue weighted by molar-refractivity contribution is 5.49. The van der Waals surface area contributed by atoms with E-state index in [1.807, 2.05) is 6.07 Å². The highest BCUT2D eigenvalue weighted by Crippen LogP contribution is 2.38. The Bertz CT molecular complexity index is 390. The summed E-state index contributed by atoms with van der Waals surface area (Å²) >= 11 is 0. The van der Waals surface area contributed by atoms with Gasteiger partial charge in [-0.1, -0.05) is 6.92 Å². The molecule has 0 bridgehead atoms. The summed E-state index contributed by atoms with van der Waals surface area (Å²) in [5, 5.41) is 3.53. The molecule has 94 valence electrons. The fourth-order valence-electron chi connectivity index (χ4n) is 2.62. The molecule has 1 aromatic rings. The van der Waals surface area contributed by atoms with Gasteiger partial charge in [-0.15, -0.1) is 0 Å². The Balaban J connectivity index is 2.43. The zero-order chi connectivity index (χ0) is 12.3. The van der Waals surface area contributed by atoms with Crippen molar-refractivity contribution in [3.05, 3.63) is 23.3 Å². The van der Waals surface area contributed by atoms with Gasteiger partial charge >= 0.3 is 0 Å². The van der Waals surface area contributed by atoms with E-state index in [1.54, 1.807) is 14.2 Å². The van der Waals surface area contributed by atoms with Crippen LogP contribution in [0, 0.1) is 0 Å².